The molecule has 18 heavy (non-hydrogen) atoms. The van der Waals surface area contributed by atoms with Crippen LogP contribution < -0.4 is 5.32 Å². The zero-order chi connectivity index (χ0) is 13.0. The van der Waals surface area contributed by atoms with E-state index in [1.54, 1.807) is 0 Å². The van der Waals surface area contributed by atoms with Gasteiger partial charge in [-0.05, 0) is 44.4 Å². The van der Waals surface area contributed by atoms with Gasteiger partial charge in [-0.3, -0.25) is 0 Å². The molecule has 0 aromatic carbocycles. The Hall–Kier alpha value is 0.230. The minimum atomic E-state index is 0.175. The highest BCUT2D eigenvalue weighted by Crippen LogP contribution is 2.41. The maximum atomic E-state index is 6.11. The van der Waals surface area contributed by atoms with Gasteiger partial charge in [0.2, 0.25) is 0 Å². The van der Waals surface area contributed by atoms with Crippen molar-refractivity contribution in [2.24, 2.45) is 5.92 Å². The van der Waals surface area contributed by atoms with Crippen LogP contribution in [0.25, 0.3) is 0 Å². The number of rotatable bonds is 5. The fourth-order valence-corrected chi connectivity index (χ4v) is 4.91. The zero-order valence-electron chi connectivity index (χ0n) is 11.9. The average Bonchev–Trinajstić information content (AvgIpc) is 2.83. The number of ether oxygens (including phenoxy) is 2. The molecule has 2 heterocycles. The summed E-state index contributed by atoms with van der Waals surface area (Å²) in [5, 5.41) is 3.49. The number of thioether (sulfide) groups is 1. The van der Waals surface area contributed by atoms with E-state index in [0.29, 0.717) is 18.1 Å². The highest BCUT2D eigenvalue weighted by Gasteiger charge is 2.43. The van der Waals surface area contributed by atoms with Crippen molar-refractivity contribution in [1.82, 2.24) is 5.32 Å². The third-order valence-electron chi connectivity index (χ3n) is 4.55. The third kappa shape index (κ3) is 3.03. The first-order chi connectivity index (χ1) is 8.74. The van der Waals surface area contributed by atoms with Crippen LogP contribution in [-0.4, -0.2) is 50.0 Å². The van der Waals surface area contributed by atoms with E-state index in [4.69, 9.17) is 9.47 Å². The minimum Gasteiger partial charge on any atom is -0.380 e. The van der Waals surface area contributed by atoms with E-state index in [0.717, 1.165) is 19.4 Å². The molecule has 0 aromatic heterocycles. The monoisotopic (exact) mass is 273 g/mol. The standard InChI is InChI=1S/C14H27NO2S/c1-4-12(16-3)13(15-2)11-5-7-17-14(9-11)6-8-18-10-14/h11-13,15H,4-10H2,1-3H3. The SMILES string of the molecule is CCC(OC)C(NC)C1CCOC2(CCSC2)C1. The second-order valence-electron chi connectivity index (χ2n) is 5.58. The maximum Gasteiger partial charge on any atom is 0.0783 e. The molecule has 3 nitrogen and oxygen atoms in total. The van der Waals surface area contributed by atoms with Crippen molar-refractivity contribution in [3.8, 4) is 0 Å². The molecule has 4 heteroatoms. The van der Waals surface area contributed by atoms with E-state index >= 15 is 0 Å². The molecule has 0 bridgehead atoms. The Morgan fingerprint density at radius 3 is 2.94 bits per heavy atom. The Morgan fingerprint density at radius 1 is 1.56 bits per heavy atom. The van der Waals surface area contributed by atoms with Crippen LogP contribution in [-0.2, 0) is 9.47 Å². The molecular formula is C14H27NO2S. The summed E-state index contributed by atoms with van der Waals surface area (Å²) in [4.78, 5) is 0. The third-order valence-corrected chi connectivity index (χ3v) is 5.77. The average molecular weight is 273 g/mol. The van der Waals surface area contributed by atoms with Gasteiger partial charge >= 0.3 is 0 Å². The van der Waals surface area contributed by atoms with Gasteiger partial charge in [0, 0.05) is 25.5 Å². The number of likely N-dealkylation sites (N-methyl/N-ethyl adjacent to an activating group) is 1. The number of hydrogen-bond donors (Lipinski definition) is 1. The molecule has 1 N–H and O–H groups in total. The summed E-state index contributed by atoms with van der Waals surface area (Å²) in [7, 11) is 3.90. The predicted molar refractivity (Wildman–Crippen MR) is 77.3 cm³/mol. The highest BCUT2D eigenvalue weighted by molar-refractivity contribution is 7.99. The predicted octanol–water partition coefficient (Wildman–Crippen LogP) is 2.30. The molecule has 2 aliphatic rings. The van der Waals surface area contributed by atoms with Crippen molar-refractivity contribution >= 4 is 11.8 Å². The van der Waals surface area contributed by atoms with Gasteiger partial charge in [0.25, 0.3) is 0 Å². The van der Waals surface area contributed by atoms with E-state index in [-0.39, 0.29) is 5.60 Å². The van der Waals surface area contributed by atoms with Crippen LogP contribution >= 0.6 is 11.8 Å². The summed E-state index contributed by atoms with van der Waals surface area (Å²) >= 11 is 2.04. The fraction of sp³-hybridized carbons (Fsp3) is 1.00. The van der Waals surface area contributed by atoms with E-state index < -0.39 is 0 Å². The van der Waals surface area contributed by atoms with Crippen molar-refractivity contribution in [1.29, 1.82) is 0 Å². The molecule has 2 fully saturated rings. The Kier molecular flexibility index (Phi) is 5.36. The number of methoxy groups -OCH3 is 1. The van der Waals surface area contributed by atoms with Gasteiger partial charge in [0.1, 0.15) is 0 Å². The molecule has 0 saturated carbocycles. The first kappa shape index (κ1) is 14.6. The summed E-state index contributed by atoms with van der Waals surface area (Å²) < 4.78 is 11.8. The van der Waals surface area contributed by atoms with Crippen LogP contribution in [0, 0.1) is 5.92 Å². The minimum absolute atomic E-state index is 0.175. The molecule has 4 unspecified atom stereocenters. The van der Waals surface area contributed by atoms with Crippen LogP contribution in [0.15, 0.2) is 0 Å². The zero-order valence-corrected chi connectivity index (χ0v) is 12.7. The second-order valence-corrected chi connectivity index (χ2v) is 6.69. The van der Waals surface area contributed by atoms with E-state index in [1.807, 2.05) is 18.9 Å². The van der Waals surface area contributed by atoms with Crippen LogP contribution in [0.4, 0.5) is 0 Å². The quantitative estimate of drug-likeness (QED) is 0.832. The maximum absolute atomic E-state index is 6.11. The van der Waals surface area contributed by atoms with Crippen molar-refractivity contribution in [2.75, 3.05) is 32.3 Å². The highest BCUT2D eigenvalue weighted by atomic mass is 32.2. The lowest BCUT2D eigenvalue weighted by Crippen LogP contribution is -2.51. The van der Waals surface area contributed by atoms with Gasteiger partial charge < -0.3 is 14.8 Å². The number of hydrogen-bond acceptors (Lipinski definition) is 4. The molecule has 0 amide bonds. The summed E-state index contributed by atoms with van der Waals surface area (Å²) in [6, 6.07) is 0.464. The van der Waals surface area contributed by atoms with Gasteiger partial charge in [-0.2, -0.15) is 11.8 Å². The molecule has 2 saturated heterocycles. The van der Waals surface area contributed by atoms with Gasteiger partial charge in [0.05, 0.1) is 11.7 Å². The molecular weight excluding hydrogens is 246 g/mol. The van der Waals surface area contributed by atoms with Crippen LogP contribution in [0.2, 0.25) is 0 Å². The van der Waals surface area contributed by atoms with Gasteiger partial charge in [-0.1, -0.05) is 6.92 Å². The molecule has 4 atom stereocenters. The number of nitrogens with one attached hydrogen (secondary N) is 1. The van der Waals surface area contributed by atoms with Gasteiger partial charge in [0.15, 0.2) is 0 Å². The Bertz CT molecular complexity index is 252. The molecule has 2 rings (SSSR count). The first-order valence-electron chi connectivity index (χ1n) is 7.16. The first-order valence-corrected chi connectivity index (χ1v) is 8.32. The van der Waals surface area contributed by atoms with E-state index in [9.17, 15) is 0 Å². The fourth-order valence-electron chi connectivity index (χ4n) is 3.53. The molecule has 0 aliphatic carbocycles. The topological polar surface area (TPSA) is 30.5 Å². The summed E-state index contributed by atoms with van der Waals surface area (Å²) in [6.07, 6.45) is 4.99. The second kappa shape index (κ2) is 6.60. The van der Waals surface area contributed by atoms with Crippen molar-refractivity contribution in [3.05, 3.63) is 0 Å². The van der Waals surface area contributed by atoms with Crippen molar-refractivity contribution in [2.45, 2.75) is 50.4 Å². The molecule has 2 aliphatic heterocycles. The summed E-state index contributed by atoms with van der Waals surface area (Å²) in [6.45, 7) is 3.13. The molecule has 0 radical (unpaired) electrons. The largest absolute Gasteiger partial charge is 0.380 e. The van der Waals surface area contributed by atoms with Crippen molar-refractivity contribution < 1.29 is 9.47 Å². The van der Waals surface area contributed by atoms with Crippen LogP contribution in [0.1, 0.15) is 32.6 Å². The Labute approximate surface area is 115 Å². The smallest absolute Gasteiger partial charge is 0.0783 e. The normalized spacial score (nSPS) is 35.8. The summed E-state index contributed by atoms with van der Waals surface area (Å²) in [5.41, 5.74) is 0.175. The summed E-state index contributed by atoms with van der Waals surface area (Å²) in [5.74, 6) is 3.13. The van der Waals surface area contributed by atoms with Crippen LogP contribution in [0.5, 0.6) is 0 Å². The Balaban J connectivity index is 2.01. The molecule has 0 aromatic rings. The lowest BCUT2D eigenvalue weighted by Gasteiger charge is -2.42. The Morgan fingerprint density at radius 2 is 2.39 bits per heavy atom. The van der Waals surface area contributed by atoms with Crippen molar-refractivity contribution in [3.63, 3.8) is 0 Å². The van der Waals surface area contributed by atoms with E-state index in [1.165, 1.54) is 24.3 Å². The molecule has 1 spiro atoms. The lowest BCUT2D eigenvalue weighted by molar-refractivity contribution is -0.0947. The van der Waals surface area contributed by atoms with Gasteiger partial charge in [-0.15, -0.1) is 0 Å². The van der Waals surface area contributed by atoms with E-state index in [2.05, 4.69) is 19.3 Å². The molecule has 106 valence electrons. The lowest BCUT2D eigenvalue weighted by atomic mass is 9.79. The van der Waals surface area contributed by atoms with Crippen LogP contribution in [0.3, 0.4) is 0 Å². The van der Waals surface area contributed by atoms with Gasteiger partial charge in [-0.25, -0.2) is 0 Å².